The Labute approximate surface area is 234 Å². The predicted octanol–water partition coefficient (Wildman–Crippen LogP) is 12.1. The molecule has 0 aliphatic carbocycles. The Morgan fingerprint density at radius 2 is 0.784 bits per heavy atom. The fourth-order valence-corrected chi connectivity index (χ4v) is 5.70. The lowest BCUT2D eigenvalue weighted by molar-refractivity contribution is -0.697. The zero-order valence-electron chi connectivity index (χ0n) is 25.8. The minimum atomic E-state index is 1.20. The standard InChI is InChI=1S/C36H68N/c1-3-5-7-9-11-13-15-17-18-19-20-22-24-26-28-31-36-32-30-34-37(35-36)33-29-27-25-23-21-16-14-12-10-8-6-4-2/h30,32,34-35H,3-29,31,33H2,1-2H3/q+1. The molecule has 0 N–H and O–H groups in total. The van der Waals surface area contributed by atoms with E-state index in [0.29, 0.717) is 0 Å². The summed E-state index contributed by atoms with van der Waals surface area (Å²) in [6.07, 6.45) is 44.8. The lowest BCUT2D eigenvalue weighted by Crippen LogP contribution is -2.33. The molecule has 0 spiro atoms. The van der Waals surface area contributed by atoms with E-state index in [1.165, 1.54) is 192 Å². The number of aryl methyl sites for hydroxylation is 2. The highest BCUT2D eigenvalue weighted by molar-refractivity contribution is 5.05. The van der Waals surface area contributed by atoms with Gasteiger partial charge in [0.05, 0.1) is 0 Å². The van der Waals surface area contributed by atoms with Gasteiger partial charge < -0.3 is 0 Å². The number of unbranched alkanes of at least 4 members (excludes halogenated alkanes) is 25. The molecule has 1 rings (SSSR count). The van der Waals surface area contributed by atoms with E-state index < -0.39 is 0 Å². The highest BCUT2D eigenvalue weighted by Gasteiger charge is 2.03. The monoisotopic (exact) mass is 515 g/mol. The summed E-state index contributed by atoms with van der Waals surface area (Å²) in [5, 5.41) is 0. The van der Waals surface area contributed by atoms with Crippen LogP contribution in [0.15, 0.2) is 24.5 Å². The van der Waals surface area contributed by atoms with E-state index in [2.05, 4.69) is 42.9 Å². The normalized spacial score (nSPS) is 11.4. The molecule has 1 aromatic rings. The van der Waals surface area contributed by atoms with Crippen LogP contribution in [-0.4, -0.2) is 0 Å². The maximum atomic E-state index is 2.44. The third-order valence-corrected chi connectivity index (χ3v) is 8.26. The topological polar surface area (TPSA) is 3.88 Å². The summed E-state index contributed by atoms with van der Waals surface area (Å²) in [5.74, 6) is 0. The second kappa shape index (κ2) is 28.2. The molecule has 1 nitrogen and oxygen atoms in total. The first-order valence-electron chi connectivity index (χ1n) is 17.3. The van der Waals surface area contributed by atoms with Crippen LogP contribution in [0.4, 0.5) is 0 Å². The van der Waals surface area contributed by atoms with Crippen LogP contribution in [-0.2, 0) is 13.0 Å². The van der Waals surface area contributed by atoms with Crippen LogP contribution in [0.2, 0.25) is 0 Å². The summed E-state index contributed by atoms with van der Waals surface area (Å²) in [7, 11) is 0. The Morgan fingerprint density at radius 1 is 0.432 bits per heavy atom. The van der Waals surface area contributed by atoms with Crippen molar-refractivity contribution < 1.29 is 4.57 Å². The van der Waals surface area contributed by atoms with E-state index in [-0.39, 0.29) is 0 Å². The molecule has 216 valence electrons. The lowest BCUT2D eigenvalue weighted by Gasteiger charge is -2.04. The average Bonchev–Trinajstić information content (AvgIpc) is 2.92. The molecule has 1 heteroatoms. The zero-order valence-corrected chi connectivity index (χ0v) is 25.8. The largest absolute Gasteiger partial charge is 0.205 e. The highest BCUT2D eigenvalue weighted by Crippen LogP contribution is 2.15. The first-order chi connectivity index (χ1) is 18.4. The first-order valence-corrected chi connectivity index (χ1v) is 17.3. The number of hydrogen-bond acceptors (Lipinski definition) is 0. The van der Waals surface area contributed by atoms with E-state index in [1.807, 2.05) is 0 Å². The molecule has 1 heterocycles. The van der Waals surface area contributed by atoms with Crippen LogP contribution in [0.25, 0.3) is 0 Å². The molecular weight excluding hydrogens is 446 g/mol. The van der Waals surface area contributed by atoms with Gasteiger partial charge in [0.25, 0.3) is 0 Å². The summed E-state index contributed by atoms with van der Waals surface area (Å²) < 4.78 is 2.44. The minimum absolute atomic E-state index is 1.20. The van der Waals surface area contributed by atoms with Crippen molar-refractivity contribution >= 4 is 0 Å². The quantitative estimate of drug-likeness (QED) is 0.0739. The van der Waals surface area contributed by atoms with Gasteiger partial charge in [-0.25, -0.2) is 4.57 Å². The van der Waals surface area contributed by atoms with Crippen LogP contribution >= 0.6 is 0 Å². The number of hydrogen-bond donors (Lipinski definition) is 0. The predicted molar refractivity (Wildman–Crippen MR) is 166 cm³/mol. The zero-order chi connectivity index (χ0) is 26.5. The molecule has 0 fully saturated rings. The van der Waals surface area contributed by atoms with E-state index in [4.69, 9.17) is 0 Å². The van der Waals surface area contributed by atoms with E-state index in [1.54, 1.807) is 0 Å². The van der Waals surface area contributed by atoms with Crippen molar-refractivity contribution in [3.8, 4) is 0 Å². The summed E-state index contributed by atoms with van der Waals surface area (Å²) in [6.45, 7) is 5.81. The smallest absolute Gasteiger partial charge is 0.171 e. The number of aromatic nitrogens is 1. The van der Waals surface area contributed by atoms with Gasteiger partial charge >= 0.3 is 0 Å². The summed E-state index contributed by atoms with van der Waals surface area (Å²) in [6, 6.07) is 4.60. The lowest BCUT2D eigenvalue weighted by atomic mass is 10.0. The maximum Gasteiger partial charge on any atom is 0.171 e. The van der Waals surface area contributed by atoms with Gasteiger partial charge in [0.15, 0.2) is 12.4 Å². The SMILES string of the molecule is CCCCCCCCCCCCCCCCCc1ccc[n+](CCCCCCCCCCCCCC)c1. The van der Waals surface area contributed by atoms with Crippen molar-refractivity contribution in [1.29, 1.82) is 0 Å². The molecule has 0 bridgehead atoms. The van der Waals surface area contributed by atoms with Gasteiger partial charge in [-0.05, 0) is 25.3 Å². The van der Waals surface area contributed by atoms with E-state index in [9.17, 15) is 0 Å². The number of nitrogens with zero attached hydrogens (tertiary/aromatic N) is 1. The van der Waals surface area contributed by atoms with Crippen molar-refractivity contribution in [3.63, 3.8) is 0 Å². The van der Waals surface area contributed by atoms with Gasteiger partial charge in [-0.3, -0.25) is 0 Å². The molecule has 0 amide bonds. The van der Waals surface area contributed by atoms with Crippen LogP contribution in [0.3, 0.4) is 0 Å². The highest BCUT2D eigenvalue weighted by atomic mass is 14.9. The van der Waals surface area contributed by atoms with Crippen LogP contribution in [0.5, 0.6) is 0 Å². The van der Waals surface area contributed by atoms with Crippen molar-refractivity contribution in [2.45, 2.75) is 200 Å². The van der Waals surface area contributed by atoms with Gasteiger partial charge in [0, 0.05) is 18.1 Å². The Balaban J connectivity index is 1.88. The Morgan fingerprint density at radius 3 is 1.19 bits per heavy atom. The van der Waals surface area contributed by atoms with E-state index in [0.717, 1.165) is 0 Å². The number of pyridine rings is 1. The second-order valence-corrected chi connectivity index (χ2v) is 12.0. The van der Waals surface area contributed by atoms with Crippen LogP contribution < -0.4 is 4.57 Å². The molecule has 0 aliphatic rings. The molecule has 0 aliphatic heterocycles. The van der Waals surface area contributed by atoms with Gasteiger partial charge in [0.2, 0.25) is 0 Å². The third-order valence-electron chi connectivity index (χ3n) is 8.26. The van der Waals surface area contributed by atoms with Crippen molar-refractivity contribution in [2.24, 2.45) is 0 Å². The fraction of sp³-hybridized carbons (Fsp3) is 0.861. The van der Waals surface area contributed by atoms with Gasteiger partial charge in [-0.15, -0.1) is 0 Å². The Bertz CT molecular complexity index is 566. The Hall–Kier alpha value is -0.850. The van der Waals surface area contributed by atoms with Crippen molar-refractivity contribution in [2.75, 3.05) is 0 Å². The molecule has 0 saturated heterocycles. The molecule has 0 atom stereocenters. The minimum Gasteiger partial charge on any atom is -0.205 e. The molecule has 37 heavy (non-hydrogen) atoms. The molecule has 0 unspecified atom stereocenters. The first kappa shape index (κ1) is 34.2. The maximum absolute atomic E-state index is 2.44. The molecule has 0 radical (unpaired) electrons. The van der Waals surface area contributed by atoms with Crippen molar-refractivity contribution in [3.05, 3.63) is 30.1 Å². The van der Waals surface area contributed by atoms with Gasteiger partial charge in [0.1, 0.15) is 6.54 Å². The molecule has 0 aromatic carbocycles. The van der Waals surface area contributed by atoms with Gasteiger partial charge in [-0.2, -0.15) is 0 Å². The van der Waals surface area contributed by atoms with E-state index >= 15 is 0 Å². The third kappa shape index (κ3) is 24.0. The van der Waals surface area contributed by atoms with Crippen molar-refractivity contribution in [1.82, 2.24) is 0 Å². The second-order valence-electron chi connectivity index (χ2n) is 12.0. The Kier molecular flexibility index (Phi) is 26.0. The fourth-order valence-electron chi connectivity index (χ4n) is 5.70. The van der Waals surface area contributed by atoms with Crippen LogP contribution in [0, 0.1) is 0 Å². The van der Waals surface area contributed by atoms with Gasteiger partial charge in [-0.1, -0.05) is 168 Å². The average molecular weight is 515 g/mol. The molecule has 1 aromatic heterocycles. The van der Waals surface area contributed by atoms with Crippen LogP contribution in [0.1, 0.15) is 193 Å². The summed E-state index contributed by atoms with van der Waals surface area (Å²) in [5.41, 5.74) is 1.54. The summed E-state index contributed by atoms with van der Waals surface area (Å²) >= 11 is 0. The molecule has 0 saturated carbocycles. The molecular formula is C36H68N+. The number of rotatable bonds is 29. The summed E-state index contributed by atoms with van der Waals surface area (Å²) in [4.78, 5) is 0.